The topological polar surface area (TPSA) is 49.3 Å². The third-order valence-electron chi connectivity index (χ3n) is 3.07. The third kappa shape index (κ3) is 2.74. The Morgan fingerprint density at radius 1 is 1.47 bits per heavy atom. The van der Waals surface area contributed by atoms with Gasteiger partial charge in [-0.3, -0.25) is 4.79 Å². The molecule has 0 atom stereocenters. The molecule has 0 saturated carbocycles. The second-order valence-electron chi connectivity index (χ2n) is 4.38. The van der Waals surface area contributed by atoms with Crippen molar-refractivity contribution < 1.29 is 9.90 Å². The maximum absolute atomic E-state index is 11.9. The molecule has 1 amide bonds. The summed E-state index contributed by atoms with van der Waals surface area (Å²) < 4.78 is 0. The lowest BCUT2D eigenvalue weighted by Crippen LogP contribution is -2.14. The van der Waals surface area contributed by atoms with E-state index in [2.05, 4.69) is 5.32 Å². The van der Waals surface area contributed by atoms with Gasteiger partial charge in [0, 0.05) is 11.3 Å². The van der Waals surface area contributed by atoms with Gasteiger partial charge >= 0.3 is 0 Å². The first kappa shape index (κ1) is 11.9. The first-order valence-corrected chi connectivity index (χ1v) is 5.91. The molecular weight excluding hydrogens is 214 g/mol. The predicted octanol–water partition coefficient (Wildman–Crippen LogP) is 2.54. The molecule has 1 aliphatic rings. The molecule has 2 N–H and O–H groups in total. The van der Waals surface area contributed by atoms with Crippen molar-refractivity contribution in [3.8, 4) is 0 Å². The average Bonchev–Trinajstić information content (AvgIpc) is 2.85. The van der Waals surface area contributed by atoms with Crippen molar-refractivity contribution in [1.82, 2.24) is 0 Å². The summed E-state index contributed by atoms with van der Waals surface area (Å²) in [6, 6.07) is 5.59. The molecule has 0 heterocycles. The van der Waals surface area contributed by atoms with Crippen LogP contribution in [0.15, 0.2) is 29.8 Å². The molecular formula is C14H17NO2. The number of benzene rings is 1. The number of carbonyl (C=O) groups is 1. The van der Waals surface area contributed by atoms with Gasteiger partial charge in [0.25, 0.3) is 5.91 Å². The molecule has 0 bridgehead atoms. The van der Waals surface area contributed by atoms with Gasteiger partial charge in [-0.1, -0.05) is 18.2 Å². The monoisotopic (exact) mass is 231 g/mol. The van der Waals surface area contributed by atoms with Crippen molar-refractivity contribution in [3.63, 3.8) is 0 Å². The number of rotatable bonds is 3. The summed E-state index contributed by atoms with van der Waals surface area (Å²) >= 11 is 0. The SMILES string of the molecule is Cc1ccc(CO)cc1NC(=O)C1=CCCC1. The summed E-state index contributed by atoms with van der Waals surface area (Å²) in [6.45, 7) is 1.94. The summed E-state index contributed by atoms with van der Waals surface area (Å²) in [5.41, 5.74) is 3.48. The van der Waals surface area contributed by atoms with Gasteiger partial charge in [-0.05, 0) is 43.4 Å². The zero-order chi connectivity index (χ0) is 12.3. The molecule has 1 aliphatic carbocycles. The van der Waals surface area contributed by atoms with E-state index < -0.39 is 0 Å². The van der Waals surface area contributed by atoms with Crippen LogP contribution < -0.4 is 5.32 Å². The number of allylic oxidation sites excluding steroid dienone is 1. The molecule has 0 radical (unpaired) electrons. The first-order valence-electron chi connectivity index (χ1n) is 5.91. The fourth-order valence-corrected chi connectivity index (χ4v) is 1.98. The van der Waals surface area contributed by atoms with Gasteiger partial charge in [0.2, 0.25) is 0 Å². The predicted molar refractivity (Wildman–Crippen MR) is 67.7 cm³/mol. The fraction of sp³-hybridized carbons (Fsp3) is 0.357. The molecule has 0 saturated heterocycles. The van der Waals surface area contributed by atoms with E-state index in [1.54, 1.807) is 0 Å². The van der Waals surface area contributed by atoms with Gasteiger partial charge in [-0.2, -0.15) is 0 Å². The molecule has 0 spiro atoms. The number of aliphatic hydroxyl groups is 1. The van der Waals surface area contributed by atoms with Crippen LogP contribution >= 0.6 is 0 Å². The van der Waals surface area contributed by atoms with Gasteiger partial charge < -0.3 is 10.4 Å². The van der Waals surface area contributed by atoms with Gasteiger partial charge in [0.1, 0.15) is 0 Å². The molecule has 17 heavy (non-hydrogen) atoms. The highest BCUT2D eigenvalue weighted by Gasteiger charge is 2.14. The summed E-state index contributed by atoms with van der Waals surface area (Å²) in [5.74, 6) is -0.0133. The molecule has 1 aromatic rings. The zero-order valence-electron chi connectivity index (χ0n) is 9.99. The van der Waals surface area contributed by atoms with Gasteiger partial charge in [-0.25, -0.2) is 0 Å². The maximum atomic E-state index is 11.9. The molecule has 2 rings (SSSR count). The van der Waals surface area contributed by atoms with Crippen LogP contribution in [-0.2, 0) is 11.4 Å². The molecule has 3 heteroatoms. The number of hydrogen-bond donors (Lipinski definition) is 2. The molecule has 0 aromatic heterocycles. The van der Waals surface area contributed by atoms with Crippen LogP contribution in [0, 0.1) is 6.92 Å². The Hall–Kier alpha value is -1.61. The standard InChI is InChI=1S/C14H17NO2/c1-10-6-7-11(9-16)8-13(10)15-14(17)12-4-2-3-5-12/h4,6-8,16H,2-3,5,9H2,1H3,(H,15,17). The molecule has 0 fully saturated rings. The molecule has 90 valence electrons. The Bertz CT molecular complexity index is 463. The number of aliphatic hydroxyl groups excluding tert-OH is 1. The van der Waals surface area contributed by atoms with Crippen molar-refractivity contribution >= 4 is 11.6 Å². The minimum atomic E-state index is -0.0133. The maximum Gasteiger partial charge on any atom is 0.251 e. The normalized spacial score (nSPS) is 14.6. The number of carbonyl (C=O) groups excluding carboxylic acids is 1. The van der Waals surface area contributed by atoms with Gasteiger partial charge in [-0.15, -0.1) is 0 Å². The van der Waals surface area contributed by atoms with Crippen molar-refractivity contribution in [2.24, 2.45) is 0 Å². The fourth-order valence-electron chi connectivity index (χ4n) is 1.98. The number of nitrogens with one attached hydrogen (secondary N) is 1. The lowest BCUT2D eigenvalue weighted by molar-refractivity contribution is -0.112. The largest absolute Gasteiger partial charge is 0.392 e. The summed E-state index contributed by atoms with van der Waals surface area (Å²) in [6.07, 6.45) is 4.93. The van der Waals surface area contributed by atoms with Crippen LogP contribution in [0.2, 0.25) is 0 Å². The van der Waals surface area contributed by atoms with Crippen molar-refractivity contribution in [2.75, 3.05) is 5.32 Å². The number of amides is 1. The Labute approximate surface area is 101 Å². The quantitative estimate of drug-likeness (QED) is 0.839. The minimum Gasteiger partial charge on any atom is -0.392 e. The number of aryl methyl sites for hydroxylation is 1. The number of hydrogen-bond acceptors (Lipinski definition) is 2. The van der Waals surface area contributed by atoms with Gasteiger partial charge in [0.05, 0.1) is 6.61 Å². The molecule has 3 nitrogen and oxygen atoms in total. The van der Waals surface area contributed by atoms with E-state index in [4.69, 9.17) is 5.11 Å². The third-order valence-corrected chi connectivity index (χ3v) is 3.07. The second-order valence-corrected chi connectivity index (χ2v) is 4.38. The summed E-state index contributed by atoms with van der Waals surface area (Å²) in [7, 11) is 0. The Morgan fingerprint density at radius 2 is 2.29 bits per heavy atom. The van der Waals surface area contributed by atoms with Crippen LogP contribution in [0.4, 0.5) is 5.69 Å². The lowest BCUT2D eigenvalue weighted by atomic mass is 10.1. The minimum absolute atomic E-state index is 0.00809. The van der Waals surface area contributed by atoms with Crippen LogP contribution in [0.5, 0.6) is 0 Å². The van der Waals surface area contributed by atoms with Crippen molar-refractivity contribution in [3.05, 3.63) is 41.0 Å². The molecule has 0 aliphatic heterocycles. The highest BCUT2D eigenvalue weighted by atomic mass is 16.3. The van der Waals surface area contributed by atoms with Crippen LogP contribution in [0.3, 0.4) is 0 Å². The van der Waals surface area contributed by atoms with E-state index in [-0.39, 0.29) is 12.5 Å². The van der Waals surface area contributed by atoms with E-state index in [1.807, 2.05) is 31.2 Å². The highest BCUT2D eigenvalue weighted by molar-refractivity contribution is 6.04. The second kappa shape index (κ2) is 5.15. The summed E-state index contributed by atoms with van der Waals surface area (Å²) in [5, 5.41) is 12.0. The average molecular weight is 231 g/mol. The Balaban J connectivity index is 2.14. The van der Waals surface area contributed by atoms with E-state index in [1.165, 1.54) is 0 Å². The number of anilines is 1. The smallest absolute Gasteiger partial charge is 0.251 e. The van der Waals surface area contributed by atoms with E-state index in [0.29, 0.717) is 0 Å². The van der Waals surface area contributed by atoms with E-state index in [0.717, 1.165) is 41.6 Å². The van der Waals surface area contributed by atoms with Crippen molar-refractivity contribution in [2.45, 2.75) is 32.8 Å². The lowest BCUT2D eigenvalue weighted by Gasteiger charge is -2.10. The first-order chi connectivity index (χ1) is 8.20. The van der Waals surface area contributed by atoms with Crippen molar-refractivity contribution in [1.29, 1.82) is 0 Å². The van der Waals surface area contributed by atoms with Crippen LogP contribution in [0.25, 0.3) is 0 Å². The zero-order valence-corrected chi connectivity index (χ0v) is 9.99. The van der Waals surface area contributed by atoms with E-state index in [9.17, 15) is 4.79 Å². The Morgan fingerprint density at radius 3 is 2.94 bits per heavy atom. The molecule has 1 aromatic carbocycles. The van der Waals surface area contributed by atoms with Crippen LogP contribution in [0.1, 0.15) is 30.4 Å². The molecule has 0 unspecified atom stereocenters. The van der Waals surface area contributed by atoms with E-state index >= 15 is 0 Å². The van der Waals surface area contributed by atoms with Gasteiger partial charge in [0.15, 0.2) is 0 Å². The highest BCUT2D eigenvalue weighted by Crippen LogP contribution is 2.22. The Kier molecular flexibility index (Phi) is 3.59. The summed E-state index contributed by atoms with van der Waals surface area (Å²) in [4.78, 5) is 11.9. The van der Waals surface area contributed by atoms with Crippen LogP contribution in [-0.4, -0.2) is 11.0 Å².